The Morgan fingerprint density at radius 2 is 1.96 bits per heavy atom. The van der Waals surface area contributed by atoms with Crippen LogP contribution in [0.1, 0.15) is 12.7 Å². The minimum Gasteiger partial charge on any atom is -0.302 e. The number of thiazole rings is 1. The van der Waals surface area contributed by atoms with Gasteiger partial charge in [-0.1, -0.05) is 42.1 Å². The molecule has 0 aliphatic carbocycles. The molecule has 2 heterocycles. The van der Waals surface area contributed by atoms with Crippen molar-refractivity contribution in [2.24, 2.45) is 7.05 Å². The zero-order valence-corrected chi connectivity index (χ0v) is 15.8. The second-order valence-electron chi connectivity index (χ2n) is 5.52. The monoisotopic (exact) mass is 413 g/mol. The van der Waals surface area contributed by atoms with Crippen LogP contribution in [0.15, 0.2) is 40.9 Å². The van der Waals surface area contributed by atoms with Crippen LogP contribution in [0.4, 0.5) is 18.3 Å². The molecule has 11 heteroatoms. The molecule has 0 aliphatic heterocycles. The zero-order valence-electron chi connectivity index (χ0n) is 14.2. The van der Waals surface area contributed by atoms with E-state index < -0.39 is 17.3 Å². The topological polar surface area (TPSA) is 72.7 Å². The number of anilines is 1. The lowest BCUT2D eigenvalue weighted by molar-refractivity contribution is -0.147. The van der Waals surface area contributed by atoms with E-state index in [9.17, 15) is 18.0 Å². The fourth-order valence-corrected chi connectivity index (χ4v) is 3.69. The molecule has 0 radical (unpaired) electrons. The van der Waals surface area contributed by atoms with Crippen molar-refractivity contribution >= 4 is 34.1 Å². The molecule has 0 saturated carbocycles. The van der Waals surface area contributed by atoms with Crippen molar-refractivity contribution in [1.29, 1.82) is 0 Å². The highest BCUT2D eigenvalue weighted by Gasteiger charge is 2.37. The quantitative estimate of drug-likeness (QED) is 0.638. The van der Waals surface area contributed by atoms with Crippen LogP contribution in [0.2, 0.25) is 0 Å². The summed E-state index contributed by atoms with van der Waals surface area (Å²) in [5, 5.41) is 10.9. The van der Waals surface area contributed by atoms with E-state index in [0.29, 0.717) is 5.13 Å². The van der Waals surface area contributed by atoms with Gasteiger partial charge in [-0.2, -0.15) is 13.2 Å². The summed E-state index contributed by atoms with van der Waals surface area (Å²) in [6.07, 6.45) is -4.60. The largest absolute Gasteiger partial charge is 0.451 e. The summed E-state index contributed by atoms with van der Waals surface area (Å²) >= 11 is 2.16. The standard InChI is InChI=1S/C16H14F3N5OS2/c1-9(27-15-23-22-13(24(15)2)16(17,18)19)12(25)21-14-20-11(8-26-14)10-6-4-3-5-7-10/h3-9H,1-2H3,(H,20,21,25). The predicted molar refractivity (Wildman–Crippen MR) is 97.5 cm³/mol. The number of amides is 1. The molecule has 142 valence electrons. The summed E-state index contributed by atoms with van der Waals surface area (Å²) < 4.78 is 39.1. The third-order valence-corrected chi connectivity index (χ3v) is 5.44. The van der Waals surface area contributed by atoms with Gasteiger partial charge in [0.2, 0.25) is 11.7 Å². The van der Waals surface area contributed by atoms with Crippen molar-refractivity contribution < 1.29 is 18.0 Å². The van der Waals surface area contributed by atoms with Gasteiger partial charge >= 0.3 is 6.18 Å². The summed E-state index contributed by atoms with van der Waals surface area (Å²) in [7, 11) is 1.21. The van der Waals surface area contributed by atoms with Gasteiger partial charge in [0, 0.05) is 18.0 Å². The summed E-state index contributed by atoms with van der Waals surface area (Å²) in [4.78, 5) is 16.7. The van der Waals surface area contributed by atoms with Gasteiger partial charge in [-0.3, -0.25) is 4.79 Å². The smallest absolute Gasteiger partial charge is 0.302 e. The minimum absolute atomic E-state index is 0.00842. The van der Waals surface area contributed by atoms with E-state index >= 15 is 0 Å². The summed E-state index contributed by atoms with van der Waals surface area (Å²) in [6, 6.07) is 9.49. The third-order valence-electron chi connectivity index (χ3n) is 3.54. The SMILES string of the molecule is CC(Sc1nnc(C(F)(F)F)n1C)C(=O)Nc1nc(-c2ccccc2)cs1. The molecule has 1 atom stereocenters. The van der Waals surface area contributed by atoms with E-state index in [1.165, 1.54) is 18.4 Å². The van der Waals surface area contributed by atoms with E-state index in [-0.39, 0.29) is 11.1 Å². The fourth-order valence-electron chi connectivity index (χ4n) is 2.16. The number of hydrogen-bond donors (Lipinski definition) is 1. The molecule has 0 saturated heterocycles. The van der Waals surface area contributed by atoms with Crippen molar-refractivity contribution in [3.8, 4) is 11.3 Å². The molecule has 2 aromatic heterocycles. The molecule has 3 aromatic rings. The van der Waals surface area contributed by atoms with Crippen LogP contribution in [-0.4, -0.2) is 30.9 Å². The first-order valence-corrected chi connectivity index (χ1v) is 9.46. The van der Waals surface area contributed by atoms with Crippen molar-refractivity contribution in [2.45, 2.75) is 23.5 Å². The number of hydrogen-bond acceptors (Lipinski definition) is 6. The Hall–Kier alpha value is -2.40. The first-order chi connectivity index (χ1) is 12.8. The van der Waals surface area contributed by atoms with E-state index in [1.807, 2.05) is 35.7 Å². The Bertz CT molecular complexity index is 939. The Morgan fingerprint density at radius 1 is 1.26 bits per heavy atom. The molecule has 0 aliphatic rings. The number of nitrogens with one attached hydrogen (secondary N) is 1. The van der Waals surface area contributed by atoms with Gasteiger partial charge in [0.05, 0.1) is 10.9 Å². The molecule has 3 rings (SSSR count). The van der Waals surface area contributed by atoms with Gasteiger partial charge < -0.3 is 9.88 Å². The average Bonchev–Trinajstić information content (AvgIpc) is 3.22. The van der Waals surface area contributed by atoms with E-state index in [2.05, 4.69) is 20.5 Å². The minimum atomic E-state index is -4.60. The molecule has 0 spiro atoms. The molecule has 1 N–H and O–H groups in total. The Balaban J connectivity index is 1.65. The van der Waals surface area contributed by atoms with Crippen molar-refractivity contribution in [1.82, 2.24) is 19.7 Å². The molecule has 1 amide bonds. The fraction of sp³-hybridized carbons (Fsp3) is 0.250. The van der Waals surface area contributed by atoms with Crippen LogP contribution in [0.3, 0.4) is 0 Å². The Kier molecular flexibility index (Phi) is 5.51. The summed E-state index contributed by atoms with van der Waals surface area (Å²) in [5.74, 6) is -1.49. The van der Waals surface area contributed by atoms with Crippen LogP contribution in [0, 0.1) is 0 Å². The van der Waals surface area contributed by atoms with Crippen molar-refractivity contribution in [3.63, 3.8) is 0 Å². The van der Waals surface area contributed by atoms with Crippen LogP contribution in [0.25, 0.3) is 11.3 Å². The first kappa shape index (κ1) is 19.4. The zero-order chi connectivity index (χ0) is 19.6. The molecule has 1 unspecified atom stereocenters. The second-order valence-corrected chi connectivity index (χ2v) is 7.68. The van der Waals surface area contributed by atoms with Crippen LogP contribution < -0.4 is 5.32 Å². The molecule has 6 nitrogen and oxygen atoms in total. The Labute approximate surface area is 160 Å². The molecular weight excluding hydrogens is 399 g/mol. The van der Waals surface area contributed by atoms with Gasteiger partial charge in [-0.25, -0.2) is 4.98 Å². The van der Waals surface area contributed by atoms with Gasteiger partial charge in [-0.15, -0.1) is 21.5 Å². The maximum Gasteiger partial charge on any atom is 0.451 e. The van der Waals surface area contributed by atoms with E-state index in [1.54, 1.807) is 6.92 Å². The first-order valence-electron chi connectivity index (χ1n) is 7.70. The van der Waals surface area contributed by atoms with Gasteiger partial charge in [0.15, 0.2) is 10.3 Å². The molecule has 0 bridgehead atoms. The lowest BCUT2D eigenvalue weighted by atomic mass is 10.2. The number of benzene rings is 1. The summed E-state index contributed by atoms with van der Waals surface area (Å²) in [6.45, 7) is 1.58. The number of thioether (sulfide) groups is 1. The molecular formula is C16H14F3N5OS2. The van der Waals surface area contributed by atoms with Gasteiger partial charge in [0.25, 0.3) is 0 Å². The van der Waals surface area contributed by atoms with Crippen LogP contribution in [-0.2, 0) is 18.0 Å². The van der Waals surface area contributed by atoms with E-state index in [4.69, 9.17) is 0 Å². The Morgan fingerprint density at radius 3 is 2.59 bits per heavy atom. The number of aromatic nitrogens is 4. The van der Waals surface area contributed by atoms with Crippen molar-refractivity contribution in [3.05, 3.63) is 41.5 Å². The number of halogens is 3. The highest BCUT2D eigenvalue weighted by molar-refractivity contribution is 8.00. The van der Waals surface area contributed by atoms with Crippen molar-refractivity contribution in [2.75, 3.05) is 5.32 Å². The number of nitrogens with zero attached hydrogens (tertiary/aromatic N) is 4. The highest BCUT2D eigenvalue weighted by Crippen LogP contribution is 2.31. The summed E-state index contributed by atoms with van der Waals surface area (Å²) in [5.41, 5.74) is 1.66. The van der Waals surface area contributed by atoms with Crippen LogP contribution in [0.5, 0.6) is 0 Å². The molecule has 1 aromatic carbocycles. The third kappa shape index (κ3) is 4.48. The van der Waals surface area contributed by atoms with Crippen LogP contribution >= 0.6 is 23.1 Å². The highest BCUT2D eigenvalue weighted by atomic mass is 32.2. The lowest BCUT2D eigenvalue weighted by Crippen LogP contribution is -2.23. The molecule has 27 heavy (non-hydrogen) atoms. The maximum absolute atomic E-state index is 12.8. The predicted octanol–water partition coefficient (Wildman–Crippen LogP) is 4.08. The maximum atomic E-state index is 12.8. The number of carbonyl (C=O) groups excluding carboxylic acids is 1. The van der Waals surface area contributed by atoms with Gasteiger partial charge in [0.1, 0.15) is 0 Å². The lowest BCUT2D eigenvalue weighted by Gasteiger charge is -2.10. The van der Waals surface area contributed by atoms with E-state index in [0.717, 1.165) is 27.6 Å². The average molecular weight is 413 g/mol. The molecule has 0 fully saturated rings. The normalized spacial score (nSPS) is 12.8. The van der Waals surface area contributed by atoms with Gasteiger partial charge in [-0.05, 0) is 6.92 Å². The number of rotatable bonds is 5. The number of alkyl halides is 3. The number of carbonyl (C=O) groups is 1. The second kappa shape index (κ2) is 7.69.